The van der Waals surface area contributed by atoms with Gasteiger partial charge in [-0.15, -0.1) is 10.2 Å². The molecule has 1 amide bonds. The fraction of sp³-hybridized carbons (Fsp3) is 0.438. The van der Waals surface area contributed by atoms with Crippen LogP contribution in [0.15, 0.2) is 34.3 Å². The summed E-state index contributed by atoms with van der Waals surface area (Å²) in [6, 6.07) is 5.64. The molecule has 1 aliphatic carbocycles. The van der Waals surface area contributed by atoms with Crippen LogP contribution in [0.2, 0.25) is 0 Å². The molecule has 1 saturated carbocycles. The van der Waals surface area contributed by atoms with Gasteiger partial charge in [0.2, 0.25) is 21.1 Å². The fourth-order valence-corrected chi connectivity index (χ4v) is 4.26. The van der Waals surface area contributed by atoms with Crippen molar-refractivity contribution in [3.8, 4) is 0 Å². The van der Waals surface area contributed by atoms with Gasteiger partial charge in [0, 0.05) is 11.6 Å². The number of hydrogen-bond donors (Lipinski definition) is 3. The lowest BCUT2D eigenvalue weighted by atomic mass is 9.89. The average Bonchev–Trinajstić information content (AvgIpc) is 3.01. The summed E-state index contributed by atoms with van der Waals surface area (Å²) in [6.07, 6.45) is 5.72. The first-order valence-electron chi connectivity index (χ1n) is 8.60. The van der Waals surface area contributed by atoms with Crippen LogP contribution in [-0.4, -0.2) is 35.0 Å². The van der Waals surface area contributed by atoms with Gasteiger partial charge < -0.3 is 11.2 Å². The number of primary sulfonamides is 1. The quantitative estimate of drug-likeness (QED) is 0.482. The van der Waals surface area contributed by atoms with E-state index in [0.29, 0.717) is 16.8 Å². The van der Waals surface area contributed by atoms with Gasteiger partial charge in [-0.3, -0.25) is 4.79 Å². The van der Waals surface area contributed by atoms with Gasteiger partial charge in [0.05, 0.1) is 10.6 Å². The Bertz CT molecular complexity index is 905. The van der Waals surface area contributed by atoms with Crippen molar-refractivity contribution >= 4 is 33.4 Å². The number of nitrogens with one attached hydrogen (secondary N) is 1. The molecule has 1 aromatic carbocycles. The minimum atomic E-state index is -3.75. The van der Waals surface area contributed by atoms with Gasteiger partial charge in [0.1, 0.15) is 0 Å². The molecule has 0 atom stereocenters. The number of carbonyl (C=O) groups excluding carboxylic acids is 1. The number of hydrogen-bond acceptors (Lipinski definition) is 7. The van der Waals surface area contributed by atoms with Gasteiger partial charge in [-0.2, -0.15) is 0 Å². The number of nitrogen functional groups attached to an aromatic ring is 1. The third-order valence-corrected chi connectivity index (χ3v) is 6.33. The molecule has 0 spiro atoms. The summed E-state index contributed by atoms with van der Waals surface area (Å²) in [5, 5.41) is 16.5. The number of thioether (sulfide) groups is 1. The van der Waals surface area contributed by atoms with Gasteiger partial charge in [0.15, 0.2) is 5.82 Å². The van der Waals surface area contributed by atoms with Crippen molar-refractivity contribution < 1.29 is 13.2 Å². The molecule has 9 nitrogen and oxygen atoms in total. The summed E-state index contributed by atoms with van der Waals surface area (Å²) < 4.78 is 23.9. The number of nitrogens with two attached hydrogens (primary N) is 2. The van der Waals surface area contributed by atoms with Crippen LogP contribution >= 0.6 is 11.8 Å². The Morgan fingerprint density at radius 3 is 2.48 bits per heavy atom. The Kier molecular flexibility index (Phi) is 6.02. The lowest BCUT2D eigenvalue weighted by molar-refractivity contribution is -0.113. The molecule has 1 aromatic heterocycles. The van der Waals surface area contributed by atoms with Crippen molar-refractivity contribution in [2.75, 3.05) is 16.9 Å². The van der Waals surface area contributed by atoms with E-state index < -0.39 is 10.0 Å². The summed E-state index contributed by atoms with van der Waals surface area (Å²) in [5.74, 6) is 7.05. The number of anilines is 1. The maximum atomic E-state index is 12.1. The second-order valence-electron chi connectivity index (χ2n) is 6.45. The third kappa shape index (κ3) is 4.99. The minimum Gasteiger partial charge on any atom is -0.336 e. The number of rotatable bonds is 6. The summed E-state index contributed by atoms with van der Waals surface area (Å²) in [4.78, 5) is 12.1. The van der Waals surface area contributed by atoms with E-state index >= 15 is 0 Å². The second kappa shape index (κ2) is 8.28. The number of carbonyl (C=O) groups is 1. The molecular weight excluding hydrogens is 388 g/mol. The van der Waals surface area contributed by atoms with Crippen LogP contribution in [0, 0.1) is 0 Å². The molecule has 1 heterocycles. The highest BCUT2D eigenvalue weighted by molar-refractivity contribution is 7.99. The Hall–Kier alpha value is -2.11. The lowest BCUT2D eigenvalue weighted by Gasteiger charge is -2.20. The Balaban J connectivity index is 1.55. The summed E-state index contributed by atoms with van der Waals surface area (Å²) in [6.45, 7) is 0. The molecule has 0 aliphatic heterocycles. The van der Waals surface area contributed by atoms with Crippen molar-refractivity contribution in [1.82, 2.24) is 14.9 Å². The van der Waals surface area contributed by atoms with E-state index in [1.54, 1.807) is 0 Å². The van der Waals surface area contributed by atoms with Crippen LogP contribution < -0.4 is 16.3 Å². The summed E-state index contributed by atoms with van der Waals surface area (Å²) in [7, 11) is -3.75. The maximum absolute atomic E-state index is 12.1. The highest BCUT2D eigenvalue weighted by Gasteiger charge is 2.22. The topological polar surface area (TPSA) is 146 Å². The fourth-order valence-electron chi connectivity index (χ4n) is 3.08. The first kappa shape index (κ1) is 19.6. The second-order valence-corrected chi connectivity index (χ2v) is 8.96. The van der Waals surface area contributed by atoms with Gasteiger partial charge >= 0.3 is 0 Å². The van der Waals surface area contributed by atoms with Crippen molar-refractivity contribution in [3.63, 3.8) is 0 Å². The van der Waals surface area contributed by atoms with Crippen molar-refractivity contribution in [3.05, 3.63) is 30.1 Å². The number of sulfonamides is 1. The van der Waals surface area contributed by atoms with Crippen molar-refractivity contribution in [2.24, 2.45) is 5.14 Å². The largest absolute Gasteiger partial charge is 0.336 e. The number of nitrogens with zero attached hydrogens (tertiary/aromatic N) is 3. The maximum Gasteiger partial charge on any atom is 0.238 e. The van der Waals surface area contributed by atoms with Gasteiger partial charge in [-0.05, 0) is 37.1 Å². The van der Waals surface area contributed by atoms with E-state index in [0.717, 1.165) is 18.7 Å². The third-order valence-electron chi connectivity index (χ3n) is 4.46. The van der Waals surface area contributed by atoms with Gasteiger partial charge in [-0.25, -0.2) is 18.2 Å². The standard InChI is InChI=1S/C16H22N6O3S2/c17-22-15(11-4-2-1-3-5-11)20-21-16(22)26-10-14(23)19-12-6-8-13(9-7-12)27(18,24)25/h6-9,11H,1-5,10,17H2,(H,19,23)(H2,18,24,25). The van der Waals surface area contributed by atoms with Crippen LogP contribution in [-0.2, 0) is 14.8 Å². The number of benzene rings is 1. The van der Waals surface area contributed by atoms with E-state index in [-0.39, 0.29) is 16.6 Å². The molecule has 5 N–H and O–H groups in total. The smallest absolute Gasteiger partial charge is 0.238 e. The molecule has 0 radical (unpaired) electrons. The highest BCUT2D eigenvalue weighted by Crippen LogP contribution is 2.32. The molecule has 0 bridgehead atoms. The van der Waals surface area contributed by atoms with Crippen LogP contribution in [0.1, 0.15) is 43.8 Å². The molecule has 1 fully saturated rings. The van der Waals surface area contributed by atoms with Gasteiger partial charge in [0.25, 0.3) is 0 Å². The zero-order valence-corrected chi connectivity index (χ0v) is 16.3. The molecule has 27 heavy (non-hydrogen) atoms. The Morgan fingerprint density at radius 2 is 1.85 bits per heavy atom. The molecule has 3 rings (SSSR count). The summed E-state index contributed by atoms with van der Waals surface area (Å²) >= 11 is 1.20. The minimum absolute atomic E-state index is 0.0126. The first-order valence-corrected chi connectivity index (χ1v) is 11.1. The van der Waals surface area contributed by atoms with Crippen molar-refractivity contribution in [2.45, 2.75) is 48.1 Å². The first-order chi connectivity index (χ1) is 12.8. The van der Waals surface area contributed by atoms with Crippen molar-refractivity contribution in [1.29, 1.82) is 0 Å². The zero-order valence-electron chi connectivity index (χ0n) is 14.7. The Morgan fingerprint density at radius 1 is 1.19 bits per heavy atom. The molecular formula is C16H22N6O3S2. The van der Waals surface area contributed by atoms with E-state index in [1.165, 1.54) is 60.0 Å². The normalized spacial score (nSPS) is 15.6. The molecule has 1 aliphatic rings. The molecule has 0 saturated heterocycles. The SMILES string of the molecule is Nn1c(SCC(=O)Nc2ccc(S(N)(=O)=O)cc2)nnc1C1CCCCC1. The Labute approximate surface area is 161 Å². The van der Waals surface area contributed by atoms with E-state index in [9.17, 15) is 13.2 Å². The predicted molar refractivity (Wildman–Crippen MR) is 103 cm³/mol. The molecule has 2 aromatic rings. The van der Waals surface area contributed by atoms with Crippen LogP contribution in [0.5, 0.6) is 0 Å². The average molecular weight is 411 g/mol. The summed E-state index contributed by atoms with van der Waals surface area (Å²) in [5.41, 5.74) is 0.477. The van der Waals surface area contributed by atoms with Crippen LogP contribution in [0.4, 0.5) is 5.69 Å². The van der Waals surface area contributed by atoms with E-state index in [1.807, 2.05) is 0 Å². The highest BCUT2D eigenvalue weighted by atomic mass is 32.2. The lowest BCUT2D eigenvalue weighted by Crippen LogP contribution is -2.19. The van der Waals surface area contributed by atoms with E-state index in [4.69, 9.17) is 11.0 Å². The predicted octanol–water partition coefficient (Wildman–Crippen LogP) is 1.42. The number of aromatic nitrogens is 3. The van der Waals surface area contributed by atoms with E-state index in [2.05, 4.69) is 15.5 Å². The molecule has 0 unspecified atom stereocenters. The monoisotopic (exact) mass is 410 g/mol. The van der Waals surface area contributed by atoms with Crippen LogP contribution in [0.3, 0.4) is 0 Å². The van der Waals surface area contributed by atoms with Gasteiger partial charge in [-0.1, -0.05) is 31.0 Å². The molecule has 146 valence electrons. The zero-order chi connectivity index (χ0) is 19.4. The number of amides is 1. The van der Waals surface area contributed by atoms with Crippen LogP contribution in [0.25, 0.3) is 0 Å². The molecule has 11 heteroatoms.